The molecule has 1 aromatic rings. The number of aliphatic carboxylic acids is 1. The Kier molecular flexibility index (Phi) is 3.95. The molecule has 1 aromatic carbocycles. The summed E-state index contributed by atoms with van der Waals surface area (Å²) in [7, 11) is 0. The second-order valence-corrected chi connectivity index (χ2v) is 5.05. The molecule has 1 fully saturated rings. The van der Waals surface area contributed by atoms with Gasteiger partial charge < -0.3 is 15.3 Å². The Labute approximate surface area is 116 Å². The third-order valence-electron chi connectivity index (χ3n) is 2.98. The van der Waals surface area contributed by atoms with Gasteiger partial charge >= 0.3 is 12.0 Å². The van der Waals surface area contributed by atoms with Gasteiger partial charge in [-0.2, -0.15) is 0 Å². The number of anilines is 1. The molecule has 102 valence electrons. The van der Waals surface area contributed by atoms with Gasteiger partial charge in [-0.1, -0.05) is 17.7 Å². The minimum Gasteiger partial charge on any atom is -0.480 e. The van der Waals surface area contributed by atoms with Gasteiger partial charge in [-0.3, -0.25) is 4.79 Å². The topological polar surface area (TPSA) is 69.6 Å². The molecule has 0 radical (unpaired) electrons. The second kappa shape index (κ2) is 5.48. The minimum absolute atomic E-state index is 0.0389. The molecule has 19 heavy (non-hydrogen) atoms. The summed E-state index contributed by atoms with van der Waals surface area (Å²) in [6.07, 6.45) is 1.71. The number of carboxylic acid groups (broad SMARTS) is 1. The highest BCUT2D eigenvalue weighted by molar-refractivity contribution is 6.31. The number of nitrogens with zero attached hydrogens (tertiary/aromatic N) is 1. The van der Waals surface area contributed by atoms with Crippen molar-refractivity contribution in [2.24, 2.45) is 0 Å². The van der Waals surface area contributed by atoms with Crippen molar-refractivity contribution < 1.29 is 14.7 Å². The van der Waals surface area contributed by atoms with Crippen LogP contribution < -0.4 is 5.32 Å². The molecule has 0 unspecified atom stereocenters. The normalized spacial score (nSPS) is 14.0. The molecule has 2 rings (SSSR count). The highest BCUT2D eigenvalue weighted by atomic mass is 35.5. The van der Waals surface area contributed by atoms with Crippen molar-refractivity contribution in [1.29, 1.82) is 0 Å². The van der Waals surface area contributed by atoms with Crippen LogP contribution >= 0.6 is 11.6 Å². The van der Waals surface area contributed by atoms with Crippen LogP contribution in [0, 0.1) is 6.92 Å². The quantitative estimate of drug-likeness (QED) is 0.892. The van der Waals surface area contributed by atoms with Crippen LogP contribution in [0.1, 0.15) is 18.4 Å². The summed E-state index contributed by atoms with van der Waals surface area (Å²) < 4.78 is 0. The largest absolute Gasteiger partial charge is 0.480 e. The first-order valence-electron chi connectivity index (χ1n) is 6.03. The average Bonchev–Trinajstić information content (AvgIpc) is 3.14. The van der Waals surface area contributed by atoms with Gasteiger partial charge in [0.2, 0.25) is 0 Å². The fourth-order valence-electron chi connectivity index (χ4n) is 1.76. The third kappa shape index (κ3) is 3.61. The number of carbonyl (C=O) groups excluding carboxylic acids is 1. The molecular formula is C13H15ClN2O3. The van der Waals surface area contributed by atoms with Gasteiger partial charge in [0.25, 0.3) is 0 Å². The number of nitrogens with one attached hydrogen (secondary N) is 1. The lowest BCUT2D eigenvalue weighted by Gasteiger charge is -2.20. The molecule has 2 N–H and O–H groups in total. The fraction of sp³-hybridized carbons (Fsp3) is 0.385. The van der Waals surface area contributed by atoms with Crippen LogP contribution in [0.2, 0.25) is 5.02 Å². The Balaban J connectivity index is 2.05. The Morgan fingerprint density at radius 1 is 1.47 bits per heavy atom. The van der Waals surface area contributed by atoms with Gasteiger partial charge in [0.05, 0.1) is 0 Å². The zero-order chi connectivity index (χ0) is 14.0. The number of amides is 2. The molecular weight excluding hydrogens is 268 g/mol. The van der Waals surface area contributed by atoms with Crippen molar-refractivity contribution in [3.05, 3.63) is 28.8 Å². The van der Waals surface area contributed by atoms with Crippen molar-refractivity contribution in [2.75, 3.05) is 11.9 Å². The van der Waals surface area contributed by atoms with Crippen LogP contribution in [0.3, 0.4) is 0 Å². The highest BCUT2D eigenvalue weighted by Crippen LogP contribution is 2.27. The van der Waals surface area contributed by atoms with E-state index in [1.54, 1.807) is 18.2 Å². The van der Waals surface area contributed by atoms with Gasteiger partial charge in [-0.15, -0.1) is 0 Å². The van der Waals surface area contributed by atoms with Crippen molar-refractivity contribution in [1.82, 2.24) is 4.90 Å². The fourth-order valence-corrected chi connectivity index (χ4v) is 1.95. The van der Waals surface area contributed by atoms with E-state index >= 15 is 0 Å². The first-order chi connectivity index (χ1) is 8.97. The summed E-state index contributed by atoms with van der Waals surface area (Å²) in [6.45, 7) is 1.59. The smallest absolute Gasteiger partial charge is 0.323 e. The maximum atomic E-state index is 12.0. The molecule has 5 nitrogen and oxygen atoms in total. The molecule has 0 bridgehead atoms. The predicted molar refractivity (Wildman–Crippen MR) is 72.6 cm³/mol. The first kappa shape index (κ1) is 13.7. The van der Waals surface area contributed by atoms with Crippen LogP contribution in [0.5, 0.6) is 0 Å². The maximum Gasteiger partial charge on any atom is 0.323 e. The lowest BCUT2D eigenvalue weighted by Crippen LogP contribution is -2.40. The van der Waals surface area contributed by atoms with E-state index in [0.717, 1.165) is 18.4 Å². The monoisotopic (exact) mass is 282 g/mol. The van der Waals surface area contributed by atoms with E-state index in [9.17, 15) is 9.59 Å². The summed E-state index contributed by atoms with van der Waals surface area (Å²) >= 11 is 5.98. The molecule has 0 aliphatic heterocycles. The predicted octanol–water partition coefficient (Wildman–Crippen LogP) is 2.73. The molecule has 0 heterocycles. The standard InChI is InChI=1S/C13H15ClN2O3/c1-8-2-3-9(6-11(8)14)15-13(19)16(7-12(17)18)10-4-5-10/h2-3,6,10H,4-5,7H2,1H3,(H,15,19)(H,17,18). The molecule has 0 saturated heterocycles. The number of rotatable bonds is 4. The Bertz CT molecular complexity index is 515. The number of urea groups is 1. The summed E-state index contributed by atoms with van der Waals surface area (Å²) in [4.78, 5) is 24.1. The van der Waals surface area contributed by atoms with Crippen LogP contribution in [-0.2, 0) is 4.79 Å². The van der Waals surface area contributed by atoms with E-state index in [2.05, 4.69) is 5.32 Å². The number of carbonyl (C=O) groups is 2. The summed E-state index contributed by atoms with van der Waals surface area (Å²) in [5, 5.41) is 12.1. The second-order valence-electron chi connectivity index (χ2n) is 4.65. The van der Waals surface area contributed by atoms with Gasteiger partial charge in [-0.25, -0.2) is 4.79 Å². The lowest BCUT2D eigenvalue weighted by atomic mass is 10.2. The Hall–Kier alpha value is -1.75. The highest BCUT2D eigenvalue weighted by Gasteiger charge is 2.33. The van der Waals surface area contributed by atoms with Crippen molar-refractivity contribution in [2.45, 2.75) is 25.8 Å². The van der Waals surface area contributed by atoms with E-state index < -0.39 is 12.0 Å². The minimum atomic E-state index is -1.01. The number of hydrogen-bond donors (Lipinski definition) is 2. The van der Waals surface area contributed by atoms with E-state index in [4.69, 9.17) is 16.7 Å². The number of halogens is 1. The summed E-state index contributed by atoms with van der Waals surface area (Å²) in [5.41, 5.74) is 1.49. The summed E-state index contributed by atoms with van der Waals surface area (Å²) in [5.74, 6) is -1.01. The van der Waals surface area contributed by atoms with E-state index in [0.29, 0.717) is 10.7 Å². The average molecular weight is 283 g/mol. The Morgan fingerprint density at radius 2 is 2.16 bits per heavy atom. The number of benzene rings is 1. The zero-order valence-corrected chi connectivity index (χ0v) is 11.3. The SMILES string of the molecule is Cc1ccc(NC(=O)N(CC(=O)O)C2CC2)cc1Cl. The molecule has 0 aromatic heterocycles. The van der Waals surface area contributed by atoms with Crippen molar-refractivity contribution >= 4 is 29.3 Å². The third-order valence-corrected chi connectivity index (χ3v) is 3.38. The molecule has 1 saturated carbocycles. The summed E-state index contributed by atoms with van der Waals surface area (Å²) in [6, 6.07) is 4.84. The molecule has 2 amide bonds. The Morgan fingerprint density at radius 3 is 2.68 bits per heavy atom. The van der Waals surface area contributed by atoms with Gasteiger partial charge in [0.1, 0.15) is 6.54 Å². The van der Waals surface area contributed by atoms with Crippen molar-refractivity contribution in [3.8, 4) is 0 Å². The van der Waals surface area contributed by atoms with E-state index in [-0.39, 0.29) is 12.6 Å². The van der Waals surface area contributed by atoms with E-state index in [1.165, 1.54) is 4.90 Å². The molecule has 0 spiro atoms. The van der Waals surface area contributed by atoms with Crippen molar-refractivity contribution in [3.63, 3.8) is 0 Å². The van der Waals surface area contributed by atoms with E-state index in [1.807, 2.05) is 6.92 Å². The molecule has 0 atom stereocenters. The van der Waals surface area contributed by atoms with Crippen LogP contribution in [0.25, 0.3) is 0 Å². The number of aryl methyl sites for hydroxylation is 1. The van der Waals surface area contributed by atoms with Crippen LogP contribution in [0.15, 0.2) is 18.2 Å². The molecule has 1 aliphatic rings. The molecule has 1 aliphatic carbocycles. The number of hydrogen-bond acceptors (Lipinski definition) is 2. The number of carboxylic acids is 1. The van der Waals surface area contributed by atoms with Crippen LogP contribution in [0.4, 0.5) is 10.5 Å². The van der Waals surface area contributed by atoms with Gasteiger partial charge in [-0.05, 0) is 37.5 Å². The first-order valence-corrected chi connectivity index (χ1v) is 6.40. The molecule has 6 heteroatoms. The zero-order valence-electron chi connectivity index (χ0n) is 10.5. The van der Waals surface area contributed by atoms with Gasteiger partial charge in [0.15, 0.2) is 0 Å². The maximum absolute atomic E-state index is 12.0. The lowest BCUT2D eigenvalue weighted by molar-refractivity contribution is -0.137. The van der Waals surface area contributed by atoms with Crippen LogP contribution in [-0.4, -0.2) is 34.6 Å². The van der Waals surface area contributed by atoms with Gasteiger partial charge in [0, 0.05) is 16.8 Å².